The molecule has 3 aromatic rings. The fourth-order valence-electron chi connectivity index (χ4n) is 4.25. The first-order valence-corrected chi connectivity index (χ1v) is 10.4. The lowest BCUT2D eigenvalue weighted by atomic mass is 9.75. The number of amides is 1. The van der Waals surface area contributed by atoms with Crippen molar-refractivity contribution >= 4 is 11.7 Å². The topological polar surface area (TPSA) is 106 Å². The number of hydrogen-bond donors (Lipinski definition) is 2. The highest BCUT2D eigenvalue weighted by Crippen LogP contribution is 2.34. The molecule has 2 heterocycles. The quantitative estimate of drug-likeness (QED) is 0.642. The lowest BCUT2D eigenvalue weighted by molar-refractivity contribution is 0.0910. The number of methoxy groups -OCH3 is 1. The van der Waals surface area contributed by atoms with Gasteiger partial charge < -0.3 is 19.6 Å². The van der Waals surface area contributed by atoms with E-state index in [9.17, 15) is 14.4 Å². The first-order valence-electron chi connectivity index (χ1n) is 10.4. The van der Waals surface area contributed by atoms with E-state index in [-0.39, 0.29) is 16.8 Å². The number of para-hydroxylation sites is 1. The third kappa shape index (κ3) is 3.95. The number of benzene rings is 1. The maximum Gasteiger partial charge on any atom is 0.261 e. The predicted octanol–water partition coefficient (Wildman–Crippen LogP) is 2.79. The summed E-state index contributed by atoms with van der Waals surface area (Å²) >= 11 is 0. The number of aryl methyl sites for hydroxylation is 1. The molecule has 1 aliphatic rings. The van der Waals surface area contributed by atoms with E-state index in [0.717, 1.165) is 0 Å². The molecule has 4 rings (SSSR count). The molecule has 1 aliphatic carbocycles. The number of rotatable bonds is 5. The van der Waals surface area contributed by atoms with Crippen LogP contribution in [0.5, 0.6) is 5.75 Å². The Morgan fingerprint density at radius 3 is 2.69 bits per heavy atom. The van der Waals surface area contributed by atoms with Crippen molar-refractivity contribution in [2.75, 3.05) is 7.11 Å². The zero-order valence-electron chi connectivity index (χ0n) is 18.6. The van der Waals surface area contributed by atoms with Crippen molar-refractivity contribution in [3.8, 4) is 5.75 Å². The molecular weight excluding hydrogens is 408 g/mol. The van der Waals surface area contributed by atoms with Crippen LogP contribution in [0.3, 0.4) is 0 Å². The lowest BCUT2D eigenvalue weighted by Crippen LogP contribution is -2.37. The number of Topliss-reactive ketones (excluding diaryl/α,β-unsaturated/α-hetero) is 1. The number of imidazole rings is 1. The highest BCUT2D eigenvalue weighted by molar-refractivity contribution is 6.02. The SMILES string of the molecule is COc1ccccc1C(NC(=O)c1cc2c([nH]c1=O)CC(C)(C)CC2=O)c1nccn1C. The molecule has 0 fully saturated rings. The molecule has 8 heteroatoms. The minimum Gasteiger partial charge on any atom is -0.496 e. The van der Waals surface area contributed by atoms with Gasteiger partial charge in [0.05, 0.1) is 7.11 Å². The average molecular weight is 434 g/mol. The molecule has 166 valence electrons. The van der Waals surface area contributed by atoms with Crippen LogP contribution in [-0.2, 0) is 13.5 Å². The van der Waals surface area contributed by atoms with Gasteiger partial charge in [0.15, 0.2) is 5.78 Å². The number of aromatic amines is 1. The van der Waals surface area contributed by atoms with Crippen LogP contribution in [0.2, 0.25) is 0 Å². The Labute approximate surface area is 185 Å². The van der Waals surface area contributed by atoms with Crippen LogP contribution in [-0.4, -0.2) is 33.3 Å². The van der Waals surface area contributed by atoms with Gasteiger partial charge >= 0.3 is 0 Å². The second-order valence-corrected chi connectivity index (χ2v) is 8.89. The monoisotopic (exact) mass is 434 g/mol. The van der Waals surface area contributed by atoms with E-state index in [1.54, 1.807) is 30.1 Å². The molecule has 1 amide bonds. The van der Waals surface area contributed by atoms with Crippen LogP contribution in [0.1, 0.15) is 64.1 Å². The van der Waals surface area contributed by atoms with Gasteiger partial charge in [-0.3, -0.25) is 14.4 Å². The summed E-state index contributed by atoms with van der Waals surface area (Å²) in [5.74, 6) is 0.491. The Hall–Kier alpha value is -3.68. The van der Waals surface area contributed by atoms with Crippen LogP contribution in [0.25, 0.3) is 0 Å². The smallest absolute Gasteiger partial charge is 0.261 e. The van der Waals surface area contributed by atoms with Gasteiger partial charge in [0.2, 0.25) is 0 Å². The largest absolute Gasteiger partial charge is 0.496 e. The number of pyridine rings is 1. The van der Waals surface area contributed by atoms with Crippen LogP contribution >= 0.6 is 0 Å². The predicted molar refractivity (Wildman–Crippen MR) is 119 cm³/mol. The molecule has 0 saturated carbocycles. The Morgan fingerprint density at radius 2 is 2.00 bits per heavy atom. The summed E-state index contributed by atoms with van der Waals surface area (Å²) in [6.45, 7) is 3.97. The first-order chi connectivity index (χ1) is 15.2. The van der Waals surface area contributed by atoms with E-state index in [0.29, 0.717) is 41.2 Å². The van der Waals surface area contributed by atoms with Crippen molar-refractivity contribution in [1.29, 1.82) is 0 Å². The molecule has 0 saturated heterocycles. The van der Waals surface area contributed by atoms with Gasteiger partial charge in [-0.05, 0) is 24.0 Å². The lowest BCUT2D eigenvalue weighted by Gasteiger charge is -2.29. The molecule has 1 aromatic carbocycles. The van der Waals surface area contributed by atoms with Crippen molar-refractivity contribution in [3.63, 3.8) is 0 Å². The van der Waals surface area contributed by atoms with Crippen molar-refractivity contribution in [2.45, 2.75) is 32.7 Å². The number of nitrogens with zero attached hydrogens (tertiary/aromatic N) is 2. The van der Waals surface area contributed by atoms with Crippen LogP contribution in [0.4, 0.5) is 0 Å². The molecule has 2 N–H and O–H groups in total. The summed E-state index contributed by atoms with van der Waals surface area (Å²) in [7, 11) is 3.38. The standard InChI is InChI=1S/C24H26N4O4/c1-24(2)12-17-15(18(29)13-24)11-16(22(30)26-17)23(31)27-20(21-25-9-10-28(21)3)14-7-5-6-8-19(14)32-4/h5-11,20H,12-13H2,1-4H3,(H,26,30)(H,27,31). The number of hydrogen-bond acceptors (Lipinski definition) is 5. The van der Waals surface area contributed by atoms with E-state index >= 15 is 0 Å². The summed E-state index contributed by atoms with van der Waals surface area (Å²) in [6, 6.07) is 8.06. The Kier molecular flexibility index (Phi) is 5.46. The van der Waals surface area contributed by atoms with Gasteiger partial charge in [-0.25, -0.2) is 4.98 Å². The molecule has 0 spiro atoms. The number of aromatic nitrogens is 3. The van der Waals surface area contributed by atoms with Gasteiger partial charge in [-0.2, -0.15) is 0 Å². The van der Waals surface area contributed by atoms with Crippen molar-refractivity contribution < 1.29 is 14.3 Å². The molecule has 8 nitrogen and oxygen atoms in total. The number of ether oxygens (including phenoxy) is 1. The van der Waals surface area contributed by atoms with Crippen molar-refractivity contribution in [2.24, 2.45) is 12.5 Å². The molecule has 1 unspecified atom stereocenters. The fraction of sp³-hybridized carbons (Fsp3) is 0.333. The van der Waals surface area contributed by atoms with Crippen molar-refractivity contribution in [3.05, 3.63) is 81.3 Å². The van der Waals surface area contributed by atoms with E-state index in [1.165, 1.54) is 6.07 Å². The van der Waals surface area contributed by atoms with E-state index in [4.69, 9.17) is 4.74 Å². The number of nitrogens with one attached hydrogen (secondary N) is 2. The number of H-pyrrole nitrogens is 1. The fourth-order valence-corrected chi connectivity index (χ4v) is 4.25. The summed E-state index contributed by atoms with van der Waals surface area (Å²) in [6.07, 6.45) is 4.35. The highest BCUT2D eigenvalue weighted by Gasteiger charge is 2.33. The molecule has 0 bridgehead atoms. The minimum atomic E-state index is -0.663. The summed E-state index contributed by atoms with van der Waals surface area (Å²) < 4.78 is 7.27. The number of ketones is 1. The third-order valence-corrected chi connectivity index (χ3v) is 5.80. The Bertz CT molecular complexity index is 1250. The zero-order chi connectivity index (χ0) is 23.0. The Morgan fingerprint density at radius 1 is 1.25 bits per heavy atom. The minimum absolute atomic E-state index is 0.0769. The zero-order valence-corrected chi connectivity index (χ0v) is 18.6. The Balaban J connectivity index is 1.74. The second kappa shape index (κ2) is 8.11. The van der Waals surface area contributed by atoms with Crippen LogP contribution in [0, 0.1) is 5.41 Å². The molecule has 32 heavy (non-hydrogen) atoms. The average Bonchev–Trinajstić information content (AvgIpc) is 3.16. The van der Waals surface area contributed by atoms with Gasteiger partial charge in [-0.1, -0.05) is 32.0 Å². The van der Waals surface area contributed by atoms with Crippen LogP contribution < -0.4 is 15.6 Å². The van der Waals surface area contributed by atoms with Gasteiger partial charge in [0, 0.05) is 42.7 Å². The number of carbonyl (C=O) groups excluding carboxylic acids is 2. The van der Waals surface area contributed by atoms with E-state index < -0.39 is 17.5 Å². The number of fused-ring (bicyclic) bond motifs is 1. The van der Waals surface area contributed by atoms with Crippen LogP contribution in [0.15, 0.2) is 47.5 Å². The molecule has 0 aliphatic heterocycles. The van der Waals surface area contributed by atoms with Crippen molar-refractivity contribution in [1.82, 2.24) is 19.9 Å². The van der Waals surface area contributed by atoms with E-state index in [1.807, 2.05) is 39.1 Å². The van der Waals surface area contributed by atoms with Gasteiger partial charge in [0.25, 0.3) is 11.5 Å². The summed E-state index contributed by atoms with van der Waals surface area (Å²) in [5.41, 5.74) is 0.823. The molecule has 2 aromatic heterocycles. The summed E-state index contributed by atoms with van der Waals surface area (Å²) in [4.78, 5) is 45.8. The maximum atomic E-state index is 13.3. The summed E-state index contributed by atoms with van der Waals surface area (Å²) in [5, 5.41) is 2.91. The highest BCUT2D eigenvalue weighted by atomic mass is 16.5. The first kappa shape index (κ1) is 21.5. The third-order valence-electron chi connectivity index (χ3n) is 5.80. The molecular formula is C24H26N4O4. The molecule has 1 atom stereocenters. The van der Waals surface area contributed by atoms with Gasteiger partial charge in [-0.15, -0.1) is 0 Å². The normalized spacial score (nSPS) is 15.7. The van der Waals surface area contributed by atoms with Gasteiger partial charge in [0.1, 0.15) is 23.2 Å². The molecule has 0 radical (unpaired) electrons. The second-order valence-electron chi connectivity index (χ2n) is 8.89. The number of carbonyl (C=O) groups is 2. The maximum absolute atomic E-state index is 13.3. The van der Waals surface area contributed by atoms with E-state index in [2.05, 4.69) is 15.3 Å².